The minimum Gasteiger partial charge on any atom is -0.327 e. The summed E-state index contributed by atoms with van der Waals surface area (Å²) in [6, 6.07) is 3.51. The summed E-state index contributed by atoms with van der Waals surface area (Å²) in [6.45, 7) is 0.473. The molecular weight excluding hydrogens is 324 g/mol. The van der Waals surface area contributed by atoms with Crippen LogP contribution in [0, 0.1) is 0 Å². The van der Waals surface area contributed by atoms with Crippen molar-refractivity contribution in [3.05, 3.63) is 54.7 Å². The predicted molar refractivity (Wildman–Crippen MR) is 83.9 cm³/mol. The molecular formula is C14H11ClN4O2S. The number of fused-ring (bicyclic) bond motifs is 1. The number of thiazole rings is 1. The molecule has 0 bridgehead atoms. The number of rotatable bonds is 3. The van der Waals surface area contributed by atoms with Gasteiger partial charge < -0.3 is 4.57 Å². The fourth-order valence-electron chi connectivity index (χ4n) is 2.50. The van der Waals surface area contributed by atoms with Crippen LogP contribution in [0.2, 0.25) is 4.47 Å². The maximum absolute atomic E-state index is 12.5. The first-order valence-electron chi connectivity index (χ1n) is 6.85. The molecule has 0 N–H and O–H groups in total. The Bertz CT molecular complexity index is 941. The summed E-state index contributed by atoms with van der Waals surface area (Å²) in [5.74, 6) is 0.402. The fourth-order valence-corrected chi connectivity index (χ4v) is 3.48. The van der Waals surface area contributed by atoms with E-state index in [4.69, 9.17) is 11.6 Å². The van der Waals surface area contributed by atoms with E-state index in [2.05, 4.69) is 9.97 Å². The lowest BCUT2D eigenvalue weighted by Gasteiger charge is -2.14. The van der Waals surface area contributed by atoms with Crippen molar-refractivity contribution < 1.29 is 0 Å². The van der Waals surface area contributed by atoms with Crippen LogP contribution in [0.1, 0.15) is 23.8 Å². The molecule has 0 radical (unpaired) electrons. The van der Waals surface area contributed by atoms with Crippen molar-refractivity contribution >= 4 is 22.9 Å². The van der Waals surface area contributed by atoms with Gasteiger partial charge in [-0.25, -0.2) is 9.78 Å². The summed E-state index contributed by atoms with van der Waals surface area (Å²) < 4.78 is 3.51. The first-order valence-corrected chi connectivity index (χ1v) is 8.05. The maximum Gasteiger partial charge on any atom is 0.352 e. The van der Waals surface area contributed by atoms with Crippen LogP contribution < -0.4 is 11.2 Å². The molecule has 8 heteroatoms. The van der Waals surface area contributed by atoms with Crippen LogP contribution in [0.25, 0.3) is 11.4 Å². The van der Waals surface area contributed by atoms with E-state index in [-0.39, 0.29) is 11.6 Å². The Morgan fingerprint density at radius 1 is 1.36 bits per heavy atom. The van der Waals surface area contributed by atoms with Gasteiger partial charge in [0.15, 0.2) is 10.3 Å². The average molecular weight is 335 g/mol. The quantitative estimate of drug-likeness (QED) is 0.734. The molecule has 112 valence electrons. The molecule has 0 atom stereocenters. The summed E-state index contributed by atoms with van der Waals surface area (Å²) in [6.07, 6.45) is 5.22. The second-order valence-corrected chi connectivity index (χ2v) is 6.95. The lowest BCUT2D eigenvalue weighted by atomic mass is 10.2. The summed E-state index contributed by atoms with van der Waals surface area (Å²) in [7, 11) is 0. The minimum absolute atomic E-state index is 0.0193. The van der Waals surface area contributed by atoms with Gasteiger partial charge in [0.2, 0.25) is 0 Å². The molecule has 4 rings (SSSR count). The third-order valence-electron chi connectivity index (χ3n) is 3.66. The second-order valence-electron chi connectivity index (χ2n) is 5.25. The average Bonchev–Trinajstić information content (AvgIpc) is 3.23. The number of halogens is 1. The molecule has 1 aromatic rings. The molecule has 3 aliphatic rings. The summed E-state index contributed by atoms with van der Waals surface area (Å²) in [4.78, 5) is 33.7. The Kier molecular flexibility index (Phi) is 3.12. The van der Waals surface area contributed by atoms with Crippen molar-refractivity contribution in [2.45, 2.75) is 25.4 Å². The topological polar surface area (TPSA) is 69.8 Å². The molecule has 0 unspecified atom stereocenters. The van der Waals surface area contributed by atoms with Crippen molar-refractivity contribution in [2.75, 3.05) is 0 Å². The first-order chi connectivity index (χ1) is 10.6. The molecule has 3 heterocycles. The van der Waals surface area contributed by atoms with Crippen molar-refractivity contribution in [1.82, 2.24) is 19.1 Å². The normalized spacial score (nSPS) is 14.6. The number of pyridine rings is 1. The van der Waals surface area contributed by atoms with Gasteiger partial charge in [0, 0.05) is 23.3 Å². The molecule has 0 amide bonds. The standard InChI is InChI=1S/C14H11ClN4O2S/c15-13-16-6-9(22-13)7-18-5-1-2-10-11(18)17-14(21)19(12(10)20)8-3-4-8/h1-2,5-6,8H,3-4,7H2. The number of aromatic nitrogens is 4. The number of hydrogen-bond donors (Lipinski definition) is 0. The van der Waals surface area contributed by atoms with Gasteiger partial charge in [0.1, 0.15) is 0 Å². The Hall–Kier alpha value is -1.99. The Labute approximate surface area is 134 Å². The van der Waals surface area contributed by atoms with E-state index >= 15 is 0 Å². The lowest BCUT2D eigenvalue weighted by Crippen LogP contribution is -2.37. The Morgan fingerprint density at radius 3 is 2.86 bits per heavy atom. The van der Waals surface area contributed by atoms with Crippen molar-refractivity contribution in [1.29, 1.82) is 0 Å². The van der Waals surface area contributed by atoms with Crippen LogP contribution in [0.15, 0.2) is 34.1 Å². The van der Waals surface area contributed by atoms with Gasteiger partial charge in [-0.05, 0) is 25.0 Å². The number of hydrogen-bond acceptors (Lipinski definition) is 5. The highest BCUT2D eigenvalue weighted by Gasteiger charge is 2.29. The minimum atomic E-state index is -0.470. The van der Waals surface area contributed by atoms with Crippen LogP contribution in [0.4, 0.5) is 0 Å². The van der Waals surface area contributed by atoms with Gasteiger partial charge in [-0.15, -0.1) is 11.3 Å². The smallest absolute Gasteiger partial charge is 0.327 e. The van der Waals surface area contributed by atoms with E-state index in [1.165, 1.54) is 15.9 Å². The highest BCUT2D eigenvalue weighted by atomic mass is 35.5. The highest BCUT2D eigenvalue weighted by Crippen LogP contribution is 2.32. The Balaban J connectivity index is 1.86. The monoisotopic (exact) mass is 334 g/mol. The van der Waals surface area contributed by atoms with Crippen molar-refractivity contribution in [2.24, 2.45) is 0 Å². The van der Waals surface area contributed by atoms with E-state index < -0.39 is 5.69 Å². The lowest BCUT2D eigenvalue weighted by molar-refractivity contribution is 0.643. The first kappa shape index (κ1) is 13.7. The SMILES string of the molecule is O=c1nc2n(Cc3cnc(Cl)s3)cccc-2c(=O)n1C1CC1. The van der Waals surface area contributed by atoms with Crippen LogP contribution >= 0.6 is 22.9 Å². The van der Waals surface area contributed by atoms with Crippen LogP contribution in [-0.2, 0) is 6.54 Å². The van der Waals surface area contributed by atoms with E-state index in [0.717, 1.165) is 17.7 Å². The van der Waals surface area contributed by atoms with Crippen LogP contribution in [-0.4, -0.2) is 19.1 Å². The molecule has 1 fully saturated rings. The molecule has 0 saturated heterocycles. The molecule has 1 aliphatic carbocycles. The Morgan fingerprint density at radius 2 is 2.18 bits per heavy atom. The predicted octanol–water partition coefficient (Wildman–Crippen LogP) is 2.00. The van der Waals surface area contributed by atoms with E-state index in [1.54, 1.807) is 29.1 Å². The van der Waals surface area contributed by atoms with Crippen LogP contribution in [0.3, 0.4) is 0 Å². The third-order valence-corrected chi connectivity index (χ3v) is 4.76. The van der Waals surface area contributed by atoms with Gasteiger partial charge in [-0.3, -0.25) is 9.36 Å². The van der Waals surface area contributed by atoms with Gasteiger partial charge in [0.05, 0.1) is 12.1 Å². The zero-order valence-corrected chi connectivity index (χ0v) is 13.0. The van der Waals surface area contributed by atoms with Gasteiger partial charge in [-0.1, -0.05) is 11.6 Å². The summed E-state index contributed by atoms with van der Waals surface area (Å²) >= 11 is 7.20. The molecule has 6 nitrogen and oxygen atoms in total. The maximum atomic E-state index is 12.5. The molecule has 0 spiro atoms. The molecule has 22 heavy (non-hydrogen) atoms. The summed E-state index contributed by atoms with van der Waals surface area (Å²) in [5, 5.41) is 0. The van der Waals surface area contributed by atoms with E-state index in [1.807, 2.05) is 0 Å². The van der Waals surface area contributed by atoms with Gasteiger partial charge in [-0.2, -0.15) is 4.98 Å². The van der Waals surface area contributed by atoms with Crippen LogP contribution in [0.5, 0.6) is 0 Å². The largest absolute Gasteiger partial charge is 0.352 e. The van der Waals surface area contributed by atoms with Crippen molar-refractivity contribution in [3.8, 4) is 11.4 Å². The molecule has 2 aliphatic heterocycles. The zero-order valence-electron chi connectivity index (χ0n) is 11.4. The zero-order chi connectivity index (χ0) is 15.3. The molecule has 1 aromatic heterocycles. The molecule has 0 aromatic carbocycles. The third kappa shape index (κ3) is 2.26. The summed E-state index contributed by atoms with van der Waals surface area (Å²) in [5.41, 5.74) is -0.263. The number of nitrogens with zero attached hydrogens (tertiary/aromatic N) is 4. The van der Waals surface area contributed by atoms with Gasteiger partial charge in [0.25, 0.3) is 5.56 Å². The van der Waals surface area contributed by atoms with E-state index in [0.29, 0.717) is 22.4 Å². The fraction of sp³-hybridized carbons (Fsp3) is 0.286. The van der Waals surface area contributed by atoms with E-state index in [9.17, 15) is 9.59 Å². The molecule has 1 saturated carbocycles. The van der Waals surface area contributed by atoms with Gasteiger partial charge >= 0.3 is 5.69 Å². The second kappa shape index (κ2) is 5.03. The van der Waals surface area contributed by atoms with Crippen molar-refractivity contribution in [3.63, 3.8) is 0 Å². The highest BCUT2D eigenvalue weighted by molar-refractivity contribution is 7.15.